The molecule has 5 N–H and O–H groups in total. The molecular formula is C18H19N3O3S. The number of anilines is 1. The number of nitrogens with one attached hydrogen (secondary N) is 1. The number of fused-ring (bicyclic) bond motifs is 2. The molecule has 1 aromatic heterocycles. The fourth-order valence-electron chi connectivity index (χ4n) is 2.84. The summed E-state index contributed by atoms with van der Waals surface area (Å²) in [6.45, 7) is 0.558. The first-order valence-electron chi connectivity index (χ1n) is 8.11. The molecule has 0 radical (unpaired) electrons. The van der Waals surface area contributed by atoms with E-state index < -0.39 is 6.04 Å². The Bertz CT molecular complexity index is 844. The highest BCUT2D eigenvalue weighted by Gasteiger charge is 2.33. The zero-order chi connectivity index (χ0) is 18.0. The fraction of sp³-hybridized carbons (Fsp3) is 0.278. The van der Waals surface area contributed by atoms with Crippen molar-refractivity contribution in [1.82, 2.24) is 0 Å². The number of hydrogen-bond donors (Lipinski definition) is 3. The molecule has 1 amide bonds. The molecular weight excluding hydrogens is 338 g/mol. The zero-order valence-electron chi connectivity index (χ0n) is 13.6. The Balaban J connectivity index is 1.82. The lowest BCUT2D eigenvalue weighted by Gasteiger charge is -2.16. The Morgan fingerprint density at radius 3 is 2.48 bits per heavy atom. The van der Waals surface area contributed by atoms with Crippen LogP contribution in [0.5, 0.6) is 0 Å². The molecule has 2 aromatic rings. The third-order valence-corrected chi connectivity index (χ3v) is 5.18. The first-order chi connectivity index (χ1) is 12.0. The number of carbonyl (C=O) groups excluding carboxylic acids is 3. The Hall–Kier alpha value is -2.35. The molecule has 0 aliphatic heterocycles. The Kier molecular flexibility index (Phi) is 5.08. The van der Waals surface area contributed by atoms with E-state index >= 15 is 0 Å². The second-order valence-corrected chi connectivity index (χ2v) is 6.82. The van der Waals surface area contributed by atoms with Gasteiger partial charge in [0.1, 0.15) is 0 Å². The van der Waals surface area contributed by atoms with Crippen molar-refractivity contribution in [3.8, 4) is 0 Å². The summed E-state index contributed by atoms with van der Waals surface area (Å²) in [4.78, 5) is 37.9. The second kappa shape index (κ2) is 7.26. The van der Waals surface area contributed by atoms with Crippen molar-refractivity contribution in [1.29, 1.82) is 0 Å². The molecule has 1 heterocycles. The minimum Gasteiger partial charge on any atom is -0.330 e. The summed E-state index contributed by atoms with van der Waals surface area (Å²) in [7, 11) is 0. The van der Waals surface area contributed by atoms with Gasteiger partial charge in [0.05, 0.1) is 22.2 Å². The highest BCUT2D eigenvalue weighted by atomic mass is 32.1. The molecule has 3 rings (SSSR count). The molecule has 0 unspecified atom stereocenters. The molecule has 1 aliphatic rings. The highest BCUT2D eigenvalue weighted by Crippen LogP contribution is 2.36. The molecule has 0 bridgehead atoms. The van der Waals surface area contributed by atoms with E-state index in [2.05, 4.69) is 5.32 Å². The molecule has 1 aromatic carbocycles. The van der Waals surface area contributed by atoms with E-state index in [1.807, 2.05) is 0 Å². The predicted molar refractivity (Wildman–Crippen MR) is 97.1 cm³/mol. The third kappa shape index (κ3) is 3.26. The van der Waals surface area contributed by atoms with Crippen molar-refractivity contribution in [3.05, 3.63) is 51.2 Å². The van der Waals surface area contributed by atoms with Gasteiger partial charge in [-0.2, -0.15) is 0 Å². The largest absolute Gasteiger partial charge is 0.330 e. The molecule has 1 aliphatic carbocycles. The van der Waals surface area contributed by atoms with Crippen LogP contribution in [-0.4, -0.2) is 30.1 Å². The number of carbonyl (C=O) groups is 3. The van der Waals surface area contributed by atoms with Gasteiger partial charge < -0.3 is 16.8 Å². The van der Waals surface area contributed by atoms with Gasteiger partial charge in [0.25, 0.3) is 0 Å². The molecule has 0 saturated carbocycles. The van der Waals surface area contributed by atoms with Gasteiger partial charge in [0, 0.05) is 16.5 Å². The van der Waals surface area contributed by atoms with Crippen molar-refractivity contribution in [3.63, 3.8) is 0 Å². The second-order valence-electron chi connectivity index (χ2n) is 5.94. The summed E-state index contributed by atoms with van der Waals surface area (Å²) in [5, 5.41) is 4.32. The van der Waals surface area contributed by atoms with Crippen LogP contribution in [0.3, 0.4) is 0 Å². The number of rotatable bonds is 6. The Morgan fingerprint density at radius 1 is 1.12 bits per heavy atom. The van der Waals surface area contributed by atoms with Crippen LogP contribution in [0.1, 0.15) is 50.4 Å². The average Bonchev–Trinajstić information content (AvgIpc) is 3.04. The summed E-state index contributed by atoms with van der Waals surface area (Å²) in [6, 6.07) is 6.03. The van der Waals surface area contributed by atoms with Crippen molar-refractivity contribution < 1.29 is 14.4 Å². The smallest absolute Gasteiger partial charge is 0.241 e. The molecule has 6 nitrogen and oxygen atoms in total. The number of thiophene rings is 1. The van der Waals surface area contributed by atoms with Crippen LogP contribution >= 0.6 is 11.3 Å². The monoisotopic (exact) mass is 357 g/mol. The summed E-state index contributed by atoms with van der Waals surface area (Å²) in [6.07, 6.45) is 2.08. The van der Waals surface area contributed by atoms with Gasteiger partial charge in [0.2, 0.25) is 11.7 Å². The number of ketones is 2. The zero-order valence-corrected chi connectivity index (χ0v) is 14.4. The maximum atomic E-state index is 12.8. The van der Waals surface area contributed by atoms with Gasteiger partial charge in [-0.25, -0.2) is 0 Å². The van der Waals surface area contributed by atoms with Crippen molar-refractivity contribution >= 4 is 34.5 Å². The minimum absolute atomic E-state index is 0.192. The van der Waals surface area contributed by atoms with Crippen LogP contribution in [0.4, 0.5) is 5.69 Å². The van der Waals surface area contributed by atoms with Crippen molar-refractivity contribution in [2.45, 2.75) is 25.3 Å². The molecule has 0 saturated heterocycles. The topological polar surface area (TPSA) is 115 Å². The van der Waals surface area contributed by atoms with E-state index in [-0.39, 0.29) is 23.0 Å². The summed E-state index contributed by atoms with van der Waals surface area (Å²) < 4.78 is 0. The van der Waals surface area contributed by atoms with Crippen LogP contribution in [-0.2, 0) is 4.79 Å². The number of nitrogens with two attached hydrogens (primary N) is 2. The molecule has 0 spiro atoms. The van der Waals surface area contributed by atoms with Crippen LogP contribution in [0.2, 0.25) is 0 Å². The molecule has 130 valence electrons. The van der Waals surface area contributed by atoms with Crippen LogP contribution < -0.4 is 16.8 Å². The van der Waals surface area contributed by atoms with E-state index in [1.54, 1.807) is 29.6 Å². The summed E-state index contributed by atoms with van der Waals surface area (Å²) >= 11 is 1.16. The Labute approximate surface area is 149 Å². The quantitative estimate of drug-likeness (QED) is 0.583. The van der Waals surface area contributed by atoms with E-state index in [9.17, 15) is 14.4 Å². The van der Waals surface area contributed by atoms with E-state index in [0.717, 1.165) is 24.2 Å². The Morgan fingerprint density at radius 2 is 1.80 bits per heavy atom. The average molecular weight is 357 g/mol. The van der Waals surface area contributed by atoms with Gasteiger partial charge >= 0.3 is 0 Å². The summed E-state index contributed by atoms with van der Waals surface area (Å²) in [5.74, 6) is -0.807. The molecule has 7 heteroatoms. The molecule has 0 fully saturated rings. The van der Waals surface area contributed by atoms with Crippen molar-refractivity contribution in [2.75, 3.05) is 11.9 Å². The van der Waals surface area contributed by atoms with Gasteiger partial charge in [-0.1, -0.05) is 30.7 Å². The number of benzene rings is 1. The van der Waals surface area contributed by atoms with Gasteiger partial charge in [-0.05, 0) is 19.4 Å². The molecule has 25 heavy (non-hydrogen) atoms. The lowest BCUT2D eigenvalue weighted by Crippen LogP contribution is -2.36. The normalized spacial score (nSPS) is 14.0. The van der Waals surface area contributed by atoms with Gasteiger partial charge in [-0.15, -0.1) is 11.3 Å². The summed E-state index contributed by atoms with van der Waals surface area (Å²) in [5.41, 5.74) is 12.7. The standard InChI is InChI=1S/C18H19N3O3S/c19-8-4-3-7-12(20)18(24)21-13-9-25-17-14(13)15(22)10-5-1-2-6-11(10)16(17)23/h1-2,5-6,9,12H,3-4,7-8,19-20H2,(H,21,24)/t12-/m0/s1. The number of amides is 1. The lowest BCUT2D eigenvalue weighted by molar-refractivity contribution is -0.117. The third-order valence-electron chi connectivity index (χ3n) is 4.20. The van der Waals surface area contributed by atoms with Crippen LogP contribution in [0.15, 0.2) is 29.6 Å². The first kappa shape index (κ1) is 17.5. The first-order valence-corrected chi connectivity index (χ1v) is 8.99. The highest BCUT2D eigenvalue weighted by molar-refractivity contribution is 7.13. The molecule has 1 atom stereocenters. The van der Waals surface area contributed by atoms with E-state index in [4.69, 9.17) is 11.5 Å². The SMILES string of the molecule is NCCCC[C@H](N)C(=O)Nc1csc2c1C(=O)c1ccccc1C2=O. The maximum absolute atomic E-state index is 12.8. The number of unbranched alkanes of at least 4 members (excludes halogenated alkanes) is 1. The fourth-order valence-corrected chi connectivity index (χ4v) is 3.79. The van der Waals surface area contributed by atoms with Crippen LogP contribution in [0.25, 0.3) is 0 Å². The maximum Gasteiger partial charge on any atom is 0.241 e. The van der Waals surface area contributed by atoms with E-state index in [0.29, 0.717) is 34.7 Å². The predicted octanol–water partition coefficient (Wildman–Crippen LogP) is 1.92. The lowest BCUT2D eigenvalue weighted by atomic mass is 9.88. The van der Waals surface area contributed by atoms with E-state index in [1.165, 1.54) is 0 Å². The van der Waals surface area contributed by atoms with Gasteiger partial charge in [-0.3, -0.25) is 14.4 Å². The number of hydrogen-bond acceptors (Lipinski definition) is 6. The van der Waals surface area contributed by atoms with Gasteiger partial charge in [0.15, 0.2) is 5.78 Å². The minimum atomic E-state index is -0.677. The van der Waals surface area contributed by atoms with Crippen molar-refractivity contribution in [2.24, 2.45) is 11.5 Å². The van der Waals surface area contributed by atoms with Crippen LogP contribution in [0, 0.1) is 0 Å².